The first-order chi connectivity index (χ1) is 8.48. The van der Waals surface area contributed by atoms with Gasteiger partial charge >= 0.3 is 0 Å². The molecule has 2 atom stereocenters. The van der Waals surface area contributed by atoms with Crippen LogP contribution in [0.3, 0.4) is 0 Å². The van der Waals surface area contributed by atoms with Gasteiger partial charge in [-0.05, 0) is 45.5 Å². The number of ether oxygens (including phenoxy) is 1. The molecule has 0 amide bonds. The molecule has 0 spiro atoms. The summed E-state index contributed by atoms with van der Waals surface area (Å²) < 4.78 is 32.9. The SMILES string of the molecule is CCOC(C)(CC)C(NC)c1cc(F)ccc1F. The molecule has 0 radical (unpaired) electrons. The van der Waals surface area contributed by atoms with Crippen LogP contribution in [0.1, 0.15) is 38.8 Å². The highest BCUT2D eigenvalue weighted by atomic mass is 19.1. The minimum absolute atomic E-state index is 0.301. The summed E-state index contributed by atoms with van der Waals surface area (Å²) in [4.78, 5) is 0. The molecular weight excluding hydrogens is 236 g/mol. The number of likely N-dealkylation sites (N-methyl/N-ethyl adjacent to an activating group) is 1. The summed E-state index contributed by atoms with van der Waals surface area (Å²) in [6.45, 7) is 6.29. The first-order valence-electron chi connectivity index (χ1n) is 6.24. The van der Waals surface area contributed by atoms with Crippen molar-refractivity contribution in [2.45, 2.75) is 38.8 Å². The lowest BCUT2D eigenvalue weighted by Crippen LogP contribution is -2.42. The van der Waals surface area contributed by atoms with Crippen LogP contribution in [0.5, 0.6) is 0 Å². The highest BCUT2D eigenvalue weighted by molar-refractivity contribution is 5.25. The maximum atomic E-state index is 13.9. The summed E-state index contributed by atoms with van der Waals surface area (Å²) in [5.41, 5.74) is -0.270. The van der Waals surface area contributed by atoms with Gasteiger partial charge in [0.1, 0.15) is 11.6 Å². The average molecular weight is 257 g/mol. The predicted octanol–water partition coefficient (Wildman–Crippen LogP) is 3.43. The molecule has 0 heterocycles. The van der Waals surface area contributed by atoms with Gasteiger partial charge in [-0.25, -0.2) is 8.78 Å². The summed E-state index contributed by atoms with van der Waals surface area (Å²) in [5, 5.41) is 3.03. The lowest BCUT2D eigenvalue weighted by atomic mass is 9.87. The van der Waals surface area contributed by atoms with Gasteiger partial charge in [0.05, 0.1) is 11.6 Å². The topological polar surface area (TPSA) is 21.3 Å². The van der Waals surface area contributed by atoms with Crippen molar-refractivity contribution in [3.63, 3.8) is 0 Å². The Bertz CT molecular complexity index is 397. The molecule has 1 aromatic rings. The predicted molar refractivity (Wildman–Crippen MR) is 68.5 cm³/mol. The number of benzene rings is 1. The molecule has 1 N–H and O–H groups in total. The second-order valence-corrected chi connectivity index (χ2v) is 4.49. The Hall–Kier alpha value is -1.00. The van der Waals surface area contributed by atoms with Gasteiger partial charge in [-0.3, -0.25) is 0 Å². The van der Waals surface area contributed by atoms with Crippen LogP contribution in [0.15, 0.2) is 18.2 Å². The first kappa shape index (κ1) is 15.1. The summed E-state index contributed by atoms with van der Waals surface area (Å²) in [6.07, 6.45) is 0.697. The van der Waals surface area contributed by atoms with Gasteiger partial charge < -0.3 is 10.1 Å². The van der Waals surface area contributed by atoms with Crippen LogP contribution in [0.2, 0.25) is 0 Å². The van der Waals surface area contributed by atoms with E-state index in [-0.39, 0.29) is 0 Å². The molecule has 2 unspecified atom stereocenters. The zero-order valence-corrected chi connectivity index (χ0v) is 11.4. The Kier molecular flexibility index (Phi) is 5.23. The second-order valence-electron chi connectivity index (χ2n) is 4.49. The van der Waals surface area contributed by atoms with Crippen molar-refractivity contribution in [3.8, 4) is 0 Å². The minimum atomic E-state index is -0.571. The molecule has 0 saturated carbocycles. The van der Waals surface area contributed by atoms with E-state index < -0.39 is 23.3 Å². The first-order valence-corrected chi connectivity index (χ1v) is 6.24. The van der Waals surface area contributed by atoms with Crippen molar-refractivity contribution in [3.05, 3.63) is 35.4 Å². The second kappa shape index (κ2) is 6.25. The molecule has 2 nitrogen and oxygen atoms in total. The van der Waals surface area contributed by atoms with E-state index >= 15 is 0 Å². The third kappa shape index (κ3) is 3.06. The van der Waals surface area contributed by atoms with E-state index in [1.807, 2.05) is 20.8 Å². The Morgan fingerprint density at radius 1 is 1.33 bits per heavy atom. The van der Waals surface area contributed by atoms with Crippen LogP contribution in [0, 0.1) is 11.6 Å². The molecule has 102 valence electrons. The molecule has 1 rings (SSSR count). The van der Waals surface area contributed by atoms with Crippen LogP contribution in [0.4, 0.5) is 8.78 Å². The maximum Gasteiger partial charge on any atom is 0.128 e. The minimum Gasteiger partial charge on any atom is -0.374 e. The summed E-state index contributed by atoms with van der Waals surface area (Å²) >= 11 is 0. The van der Waals surface area contributed by atoms with E-state index in [0.29, 0.717) is 18.6 Å². The van der Waals surface area contributed by atoms with E-state index in [1.165, 1.54) is 6.07 Å². The van der Waals surface area contributed by atoms with Crippen molar-refractivity contribution in [2.75, 3.05) is 13.7 Å². The molecule has 0 fully saturated rings. The third-order valence-electron chi connectivity index (χ3n) is 3.34. The van der Waals surface area contributed by atoms with E-state index in [2.05, 4.69) is 5.32 Å². The van der Waals surface area contributed by atoms with E-state index in [1.54, 1.807) is 7.05 Å². The summed E-state index contributed by atoms with van der Waals surface area (Å²) in [6, 6.07) is 3.11. The highest BCUT2D eigenvalue weighted by Crippen LogP contribution is 2.33. The van der Waals surface area contributed by atoms with Gasteiger partial charge in [0.15, 0.2) is 0 Å². The Labute approximate surface area is 107 Å². The number of halogens is 2. The van der Waals surface area contributed by atoms with Crippen molar-refractivity contribution in [2.24, 2.45) is 0 Å². The fraction of sp³-hybridized carbons (Fsp3) is 0.571. The van der Waals surface area contributed by atoms with Crippen LogP contribution in [0.25, 0.3) is 0 Å². The molecule has 4 heteroatoms. The fourth-order valence-electron chi connectivity index (χ4n) is 2.24. The van der Waals surface area contributed by atoms with Crippen LogP contribution < -0.4 is 5.32 Å². The van der Waals surface area contributed by atoms with Gasteiger partial charge in [0, 0.05) is 12.2 Å². The zero-order valence-electron chi connectivity index (χ0n) is 11.4. The number of hydrogen-bond acceptors (Lipinski definition) is 2. The smallest absolute Gasteiger partial charge is 0.128 e. The molecule has 0 aliphatic rings. The third-order valence-corrected chi connectivity index (χ3v) is 3.34. The van der Waals surface area contributed by atoms with Crippen LogP contribution >= 0.6 is 0 Å². The van der Waals surface area contributed by atoms with Gasteiger partial charge in [-0.1, -0.05) is 6.92 Å². The zero-order chi connectivity index (χ0) is 13.8. The quantitative estimate of drug-likeness (QED) is 0.843. The fourth-order valence-corrected chi connectivity index (χ4v) is 2.24. The normalized spacial score (nSPS) is 16.3. The average Bonchev–Trinajstić information content (AvgIpc) is 2.34. The van der Waals surface area contributed by atoms with Crippen LogP contribution in [-0.4, -0.2) is 19.3 Å². The van der Waals surface area contributed by atoms with Crippen LogP contribution in [-0.2, 0) is 4.74 Å². The standard InChI is InChI=1S/C14H21F2NO/c1-5-14(3,18-6-2)13(17-4)11-9-10(15)7-8-12(11)16/h7-9,13,17H,5-6H2,1-4H3. The lowest BCUT2D eigenvalue weighted by Gasteiger charge is -2.37. The Balaban J connectivity index is 3.19. The van der Waals surface area contributed by atoms with Gasteiger partial charge in [0.25, 0.3) is 0 Å². The number of rotatable bonds is 6. The molecule has 1 aromatic carbocycles. The van der Waals surface area contributed by atoms with Crippen molar-refractivity contribution in [1.29, 1.82) is 0 Å². The molecule has 0 saturated heterocycles. The molecule has 0 aliphatic carbocycles. The van der Waals surface area contributed by atoms with E-state index in [0.717, 1.165) is 12.1 Å². The molecule has 0 bridgehead atoms. The highest BCUT2D eigenvalue weighted by Gasteiger charge is 2.35. The number of nitrogens with one attached hydrogen (secondary N) is 1. The van der Waals surface area contributed by atoms with Crippen molar-refractivity contribution in [1.82, 2.24) is 5.32 Å². The van der Waals surface area contributed by atoms with E-state index in [9.17, 15) is 8.78 Å². The van der Waals surface area contributed by atoms with Gasteiger partial charge in [0.2, 0.25) is 0 Å². The molecule has 0 aliphatic heterocycles. The van der Waals surface area contributed by atoms with Crippen molar-refractivity contribution < 1.29 is 13.5 Å². The summed E-state index contributed by atoms with van der Waals surface area (Å²) in [5.74, 6) is -0.864. The number of hydrogen-bond donors (Lipinski definition) is 1. The monoisotopic (exact) mass is 257 g/mol. The van der Waals surface area contributed by atoms with Crippen molar-refractivity contribution >= 4 is 0 Å². The Morgan fingerprint density at radius 2 is 2.00 bits per heavy atom. The lowest BCUT2D eigenvalue weighted by molar-refractivity contribution is -0.0554. The largest absolute Gasteiger partial charge is 0.374 e. The molecular formula is C14H21F2NO. The Morgan fingerprint density at radius 3 is 2.50 bits per heavy atom. The van der Waals surface area contributed by atoms with E-state index in [4.69, 9.17) is 4.74 Å². The molecule has 18 heavy (non-hydrogen) atoms. The van der Waals surface area contributed by atoms with Gasteiger partial charge in [-0.2, -0.15) is 0 Å². The molecule has 0 aromatic heterocycles. The maximum absolute atomic E-state index is 13.9. The summed E-state index contributed by atoms with van der Waals surface area (Å²) in [7, 11) is 1.72. The van der Waals surface area contributed by atoms with Gasteiger partial charge in [-0.15, -0.1) is 0 Å².